The number of fused-ring (bicyclic) bond motifs is 1. The Balaban J connectivity index is 1.72. The second kappa shape index (κ2) is 6.39. The Labute approximate surface area is 148 Å². The van der Waals surface area contributed by atoms with Gasteiger partial charge < -0.3 is 9.64 Å². The van der Waals surface area contributed by atoms with Crippen LogP contribution in [0.1, 0.15) is 50.0 Å². The highest BCUT2D eigenvalue weighted by Crippen LogP contribution is 2.40. The van der Waals surface area contributed by atoms with E-state index in [1.54, 1.807) is 4.90 Å². The number of hydrogen-bond donors (Lipinski definition) is 0. The minimum atomic E-state index is -0.535. The minimum Gasteiger partial charge on any atom is -0.444 e. The van der Waals surface area contributed by atoms with Gasteiger partial charge in [-0.1, -0.05) is 6.08 Å². The Morgan fingerprint density at radius 3 is 2.44 bits per heavy atom. The first-order chi connectivity index (χ1) is 11.7. The van der Waals surface area contributed by atoms with E-state index >= 15 is 0 Å². The molecule has 3 rings (SSSR count). The number of carbonyl (C=O) groups is 1. The summed E-state index contributed by atoms with van der Waals surface area (Å²) < 4.78 is 18.5. The number of carbonyl (C=O) groups excluding carboxylic acids is 1. The Hall–Kier alpha value is -1.98. The van der Waals surface area contributed by atoms with E-state index in [1.807, 2.05) is 34.6 Å². The summed E-state index contributed by atoms with van der Waals surface area (Å²) in [7, 11) is 0. The van der Waals surface area contributed by atoms with Crippen LogP contribution in [0.2, 0.25) is 0 Å². The fourth-order valence-corrected chi connectivity index (χ4v) is 3.63. The normalized spacial score (nSPS) is 22.8. The lowest BCUT2D eigenvalue weighted by Crippen LogP contribution is -2.35. The summed E-state index contributed by atoms with van der Waals surface area (Å²) in [6, 6.07) is 0. The standard InChI is InChI=1S/C19H26FN3O2/c1-11-16(8-20)12(2)22-17(21-11)13-6-14-9-23(10-15(14)7-13)18(24)25-19(3,4)5/h6,14-15H,7-10H2,1-5H3. The monoisotopic (exact) mass is 347 g/mol. The number of rotatable bonds is 2. The Morgan fingerprint density at radius 2 is 1.92 bits per heavy atom. The molecule has 0 bridgehead atoms. The first-order valence-electron chi connectivity index (χ1n) is 8.77. The third-order valence-electron chi connectivity index (χ3n) is 4.88. The van der Waals surface area contributed by atoms with Crippen molar-refractivity contribution in [1.29, 1.82) is 0 Å². The lowest BCUT2D eigenvalue weighted by atomic mass is 10.00. The summed E-state index contributed by atoms with van der Waals surface area (Å²) in [6.45, 7) is 10.1. The van der Waals surface area contributed by atoms with E-state index in [-0.39, 0.29) is 6.09 Å². The smallest absolute Gasteiger partial charge is 0.410 e. The molecule has 0 saturated carbocycles. The summed E-state index contributed by atoms with van der Waals surface area (Å²) in [5, 5.41) is 0. The van der Waals surface area contributed by atoms with Crippen molar-refractivity contribution in [2.75, 3.05) is 13.1 Å². The number of aryl methyl sites for hydroxylation is 2. The third kappa shape index (κ3) is 3.67. The van der Waals surface area contributed by atoms with E-state index in [4.69, 9.17) is 4.74 Å². The van der Waals surface area contributed by atoms with Crippen molar-refractivity contribution in [2.24, 2.45) is 11.8 Å². The van der Waals surface area contributed by atoms with Crippen LogP contribution < -0.4 is 0 Å². The van der Waals surface area contributed by atoms with Crippen LogP contribution in [-0.2, 0) is 11.4 Å². The highest BCUT2D eigenvalue weighted by molar-refractivity contribution is 5.70. The molecular weight excluding hydrogens is 321 g/mol. The van der Waals surface area contributed by atoms with E-state index in [1.165, 1.54) is 0 Å². The molecule has 1 aromatic rings. The predicted octanol–water partition coefficient (Wildman–Crippen LogP) is 3.83. The molecule has 0 spiro atoms. The van der Waals surface area contributed by atoms with Crippen molar-refractivity contribution in [2.45, 2.75) is 53.3 Å². The van der Waals surface area contributed by atoms with Gasteiger partial charge in [0.05, 0.1) is 0 Å². The van der Waals surface area contributed by atoms with E-state index < -0.39 is 12.3 Å². The molecule has 1 saturated heterocycles. The highest BCUT2D eigenvalue weighted by Gasteiger charge is 2.40. The van der Waals surface area contributed by atoms with Gasteiger partial charge in [-0.25, -0.2) is 19.2 Å². The van der Waals surface area contributed by atoms with Crippen LogP contribution >= 0.6 is 0 Å². The average Bonchev–Trinajstić information content (AvgIpc) is 3.03. The zero-order valence-electron chi connectivity index (χ0n) is 15.6. The lowest BCUT2D eigenvalue weighted by Gasteiger charge is -2.24. The Morgan fingerprint density at radius 1 is 1.28 bits per heavy atom. The number of nitrogens with zero attached hydrogens (tertiary/aromatic N) is 3. The molecule has 1 aromatic heterocycles. The molecule has 0 N–H and O–H groups in total. The number of amides is 1. The zero-order chi connectivity index (χ0) is 18.4. The SMILES string of the molecule is Cc1nc(C2=CC3CN(C(=O)OC(C)(C)C)CC3C2)nc(C)c1CF. The molecule has 1 fully saturated rings. The third-order valence-corrected chi connectivity index (χ3v) is 4.88. The number of alkyl halides is 1. The number of hydrogen-bond acceptors (Lipinski definition) is 4. The van der Waals surface area contributed by atoms with Crippen molar-refractivity contribution in [3.05, 3.63) is 28.9 Å². The van der Waals surface area contributed by atoms with E-state index in [9.17, 15) is 9.18 Å². The molecule has 2 heterocycles. The van der Waals surface area contributed by atoms with Crippen molar-refractivity contribution >= 4 is 11.7 Å². The van der Waals surface area contributed by atoms with Crippen LogP contribution in [0, 0.1) is 25.7 Å². The van der Waals surface area contributed by atoms with Gasteiger partial charge in [-0.05, 0) is 52.5 Å². The summed E-state index contributed by atoms with van der Waals surface area (Å²) in [4.78, 5) is 23.0. The molecule has 1 aliphatic carbocycles. The number of likely N-dealkylation sites (tertiary alicyclic amines) is 1. The van der Waals surface area contributed by atoms with Crippen LogP contribution in [0.3, 0.4) is 0 Å². The predicted molar refractivity (Wildman–Crippen MR) is 93.7 cm³/mol. The fourth-order valence-electron chi connectivity index (χ4n) is 3.63. The van der Waals surface area contributed by atoms with Crippen LogP contribution in [0.25, 0.3) is 5.57 Å². The molecule has 136 valence electrons. The molecule has 2 unspecified atom stereocenters. The molecule has 1 amide bonds. The molecular formula is C19H26FN3O2. The second-order valence-electron chi connectivity index (χ2n) is 8.04. The number of allylic oxidation sites excluding steroid dienone is 1. The summed E-state index contributed by atoms with van der Waals surface area (Å²) in [5.74, 6) is 1.39. The lowest BCUT2D eigenvalue weighted by molar-refractivity contribution is 0.0285. The van der Waals surface area contributed by atoms with Gasteiger partial charge in [-0.2, -0.15) is 0 Å². The summed E-state index contributed by atoms with van der Waals surface area (Å²) >= 11 is 0. The summed E-state index contributed by atoms with van der Waals surface area (Å²) in [6.07, 6.45) is 2.78. The Bertz CT molecular complexity index is 701. The highest BCUT2D eigenvalue weighted by atomic mass is 19.1. The molecule has 6 heteroatoms. The number of ether oxygens (including phenoxy) is 1. The molecule has 2 atom stereocenters. The fraction of sp³-hybridized carbons (Fsp3) is 0.632. The quantitative estimate of drug-likeness (QED) is 0.816. The van der Waals surface area contributed by atoms with Gasteiger partial charge >= 0.3 is 6.09 Å². The topological polar surface area (TPSA) is 55.3 Å². The van der Waals surface area contributed by atoms with Gasteiger partial charge in [0.15, 0.2) is 5.82 Å². The molecule has 1 aliphatic heterocycles. The number of halogens is 1. The van der Waals surface area contributed by atoms with Crippen LogP contribution in [0.4, 0.5) is 9.18 Å². The molecule has 0 radical (unpaired) electrons. The van der Waals surface area contributed by atoms with Gasteiger partial charge in [-0.3, -0.25) is 0 Å². The maximum absolute atomic E-state index is 13.0. The van der Waals surface area contributed by atoms with E-state index in [2.05, 4.69) is 16.0 Å². The van der Waals surface area contributed by atoms with Gasteiger partial charge in [0.2, 0.25) is 0 Å². The van der Waals surface area contributed by atoms with Crippen LogP contribution in [0.5, 0.6) is 0 Å². The second-order valence-corrected chi connectivity index (χ2v) is 8.04. The van der Waals surface area contributed by atoms with Crippen molar-refractivity contribution in [1.82, 2.24) is 14.9 Å². The van der Waals surface area contributed by atoms with Gasteiger partial charge in [0.1, 0.15) is 12.3 Å². The Kier molecular flexibility index (Phi) is 4.56. The summed E-state index contributed by atoms with van der Waals surface area (Å²) in [5.41, 5.74) is 2.63. The first kappa shape index (κ1) is 17.8. The molecule has 0 aromatic carbocycles. The van der Waals surface area contributed by atoms with E-state index in [0.29, 0.717) is 47.7 Å². The van der Waals surface area contributed by atoms with Gasteiger partial charge in [0, 0.05) is 36.0 Å². The van der Waals surface area contributed by atoms with E-state index in [0.717, 1.165) is 12.0 Å². The average molecular weight is 347 g/mol. The zero-order valence-corrected chi connectivity index (χ0v) is 15.6. The maximum Gasteiger partial charge on any atom is 0.410 e. The largest absolute Gasteiger partial charge is 0.444 e. The van der Waals surface area contributed by atoms with Gasteiger partial charge in [-0.15, -0.1) is 0 Å². The van der Waals surface area contributed by atoms with Crippen molar-refractivity contribution < 1.29 is 13.9 Å². The molecule has 2 aliphatic rings. The molecule has 25 heavy (non-hydrogen) atoms. The van der Waals surface area contributed by atoms with Crippen LogP contribution in [0.15, 0.2) is 6.08 Å². The van der Waals surface area contributed by atoms with Crippen LogP contribution in [-0.4, -0.2) is 39.7 Å². The van der Waals surface area contributed by atoms with Gasteiger partial charge in [0.25, 0.3) is 0 Å². The first-order valence-corrected chi connectivity index (χ1v) is 8.77. The minimum absolute atomic E-state index is 0.243. The number of aromatic nitrogens is 2. The van der Waals surface area contributed by atoms with Crippen molar-refractivity contribution in [3.63, 3.8) is 0 Å². The molecule has 5 nitrogen and oxygen atoms in total. The maximum atomic E-state index is 13.0. The van der Waals surface area contributed by atoms with Crippen molar-refractivity contribution in [3.8, 4) is 0 Å².